The molecule has 1 aliphatic rings. The van der Waals surface area contributed by atoms with Crippen LogP contribution in [0.3, 0.4) is 0 Å². The molecule has 0 N–H and O–H groups in total. The summed E-state index contributed by atoms with van der Waals surface area (Å²) >= 11 is 0. The minimum absolute atomic E-state index is 0.0536. The van der Waals surface area contributed by atoms with Crippen molar-refractivity contribution in [2.45, 2.75) is 618 Å². The van der Waals surface area contributed by atoms with E-state index in [4.69, 9.17) is 28.4 Å². The van der Waals surface area contributed by atoms with Crippen molar-refractivity contribution < 1.29 is 57.2 Å². The van der Waals surface area contributed by atoms with Gasteiger partial charge in [-0.05, 0) is 38.5 Å². The Balaban J connectivity index is 3.90. The average molecular weight is 1610 g/mol. The molecule has 1 fully saturated rings. The molecule has 0 saturated heterocycles. The molecule has 1 rings (SSSR count). The number of carbonyl (C=O) groups excluding carboxylic acids is 6. The molecule has 0 atom stereocenters. The predicted octanol–water partition coefficient (Wildman–Crippen LogP) is 32.4. The van der Waals surface area contributed by atoms with Crippen LogP contribution >= 0.6 is 0 Å². The number of rotatable bonds is 90. The van der Waals surface area contributed by atoms with Crippen molar-refractivity contribution in [3.63, 3.8) is 0 Å². The topological polar surface area (TPSA) is 158 Å². The van der Waals surface area contributed by atoms with Gasteiger partial charge in [0.15, 0.2) is 36.6 Å². The van der Waals surface area contributed by atoms with Gasteiger partial charge in [0.25, 0.3) is 0 Å². The molecule has 0 aliphatic heterocycles. The highest BCUT2D eigenvalue weighted by molar-refractivity contribution is 5.74. The maximum absolute atomic E-state index is 14.8. The van der Waals surface area contributed by atoms with E-state index in [1.165, 1.54) is 308 Å². The van der Waals surface area contributed by atoms with Gasteiger partial charge in [0, 0.05) is 38.5 Å². The van der Waals surface area contributed by atoms with Crippen molar-refractivity contribution in [1.29, 1.82) is 0 Å². The molecule has 0 aromatic carbocycles. The lowest BCUT2D eigenvalue weighted by molar-refractivity contribution is -0.262. The Kier molecular flexibility index (Phi) is 82.3. The summed E-state index contributed by atoms with van der Waals surface area (Å²) in [7, 11) is 0. The van der Waals surface area contributed by atoms with Gasteiger partial charge in [0.05, 0.1) is 0 Å². The van der Waals surface area contributed by atoms with Gasteiger partial charge in [-0.25, -0.2) is 0 Å². The summed E-state index contributed by atoms with van der Waals surface area (Å²) in [5.74, 6) is -3.47. The Morgan fingerprint density at radius 2 is 0.193 bits per heavy atom. The molecule has 672 valence electrons. The number of hydrogen-bond donors (Lipinski definition) is 0. The SMILES string of the molecule is CCCCCCCCCCCCCCCC(=O)OC1C(OC(=O)CCCCCCCCCCCCCCC)C(OC(=O)CCCCCCCCCCCCCCC)C(OC(=O)CCCCCCCCCCCCCCC)C(OC(=O)CCCCCCCCCCCCCCC)C1OC(=O)CCCCCCCCCCCCCCC. The van der Waals surface area contributed by atoms with Gasteiger partial charge in [-0.15, -0.1) is 0 Å². The lowest BCUT2D eigenvalue weighted by Crippen LogP contribution is -2.69. The third kappa shape index (κ3) is 69.6. The third-order valence-corrected chi connectivity index (χ3v) is 24.5. The first-order valence-corrected chi connectivity index (χ1v) is 51.2. The maximum Gasteiger partial charge on any atom is 0.306 e. The summed E-state index contributed by atoms with van der Waals surface area (Å²) in [6.45, 7) is 13.6. The number of hydrogen-bond acceptors (Lipinski definition) is 12. The van der Waals surface area contributed by atoms with E-state index >= 15 is 0 Å². The Bertz CT molecular complexity index is 1710. The Hall–Kier alpha value is -3.18. The van der Waals surface area contributed by atoms with Gasteiger partial charge >= 0.3 is 35.8 Å². The van der Waals surface area contributed by atoms with Crippen LogP contribution in [0.1, 0.15) is 581 Å². The first kappa shape index (κ1) is 109. The van der Waals surface area contributed by atoms with Crippen LogP contribution in [-0.4, -0.2) is 72.4 Å². The normalized spacial score (nSPS) is 16.2. The molecule has 12 heteroatoms. The number of esters is 6. The van der Waals surface area contributed by atoms with Gasteiger partial charge in [-0.3, -0.25) is 28.8 Å². The van der Waals surface area contributed by atoms with Gasteiger partial charge in [0.2, 0.25) is 0 Å². The van der Waals surface area contributed by atoms with Crippen LogP contribution in [0.25, 0.3) is 0 Å². The third-order valence-electron chi connectivity index (χ3n) is 24.5. The monoisotopic (exact) mass is 1610 g/mol. The molecule has 114 heavy (non-hydrogen) atoms. The molecular formula is C102H192O12. The molecule has 0 heterocycles. The van der Waals surface area contributed by atoms with Gasteiger partial charge < -0.3 is 28.4 Å². The Labute approximate surface area is 706 Å². The fourth-order valence-electron chi connectivity index (χ4n) is 16.9. The summed E-state index contributed by atoms with van der Waals surface area (Å²) in [4.78, 5) is 88.8. The molecule has 1 aliphatic carbocycles. The van der Waals surface area contributed by atoms with E-state index < -0.39 is 72.4 Å². The quantitative estimate of drug-likeness (QED) is 0.0323. The minimum Gasteiger partial charge on any atom is -0.454 e. The Morgan fingerprint density at radius 1 is 0.123 bits per heavy atom. The second-order valence-electron chi connectivity index (χ2n) is 35.7. The first-order valence-electron chi connectivity index (χ1n) is 51.2. The lowest BCUT2D eigenvalue weighted by atomic mass is 9.83. The molecule has 0 spiro atoms. The predicted molar refractivity (Wildman–Crippen MR) is 481 cm³/mol. The van der Waals surface area contributed by atoms with Crippen molar-refractivity contribution in [3.05, 3.63) is 0 Å². The standard InChI is InChI=1S/C102H192O12/c1-7-13-19-25-31-37-43-49-55-61-67-73-79-85-91(103)109-97-98(110-92(104)86-80-74-68-62-56-50-44-38-32-26-20-14-8-2)100(112-94(106)88-82-76-70-64-58-52-46-40-34-28-22-16-10-4)102(114-96(108)90-84-78-72-66-60-54-48-42-36-30-24-18-12-6)101(113-95(107)89-83-77-71-65-59-53-47-41-35-29-23-17-11-5)99(97)111-93(105)87-81-75-69-63-57-51-45-39-33-27-21-15-9-3/h97-102H,7-90H2,1-6H3. The summed E-state index contributed by atoms with van der Waals surface area (Å²) in [5.41, 5.74) is 0. The van der Waals surface area contributed by atoms with E-state index in [1.807, 2.05) is 0 Å². The fourth-order valence-corrected chi connectivity index (χ4v) is 16.9. The Morgan fingerprint density at radius 3 is 0.272 bits per heavy atom. The molecule has 1 saturated carbocycles. The number of carbonyl (C=O) groups is 6. The van der Waals surface area contributed by atoms with Gasteiger partial charge in [0.1, 0.15) is 0 Å². The van der Waals surface area contributed by atoms with E-state index in [0.717, 1.165) is 154 Å². The molecular weight excluding hydrogens is 1420 g/mol. The second-order valence-corrected chi connectivity index (χ2v) is 35.7. The van der Waals surface area contributed by atoms with E-state index in [0.29, 0.717) is 38.5 Å². The summed E-state index contributed by atoms with van der Waals surface area (Å²) in [6.07, 6.45) is 80.2. The van der Waals surface area contributed by atoms with Gasteiger partial charge in [-0.1, -0.05) is 504 Å². The molecule has 0 amide bonds. The van der Waals surface area contributed by atoms with Crippen molar-refractivity contribution >= 4 is 35.8 Å². The summed E-state index contributed by atoms with van der Waals surface area (Å²) in [5, 5.41) is 0. The van der Waals surface area contributed by atoms with Crippen molar-refractivity contribution in [2.24, 2.45) is 0 Å². The minimum atomic E-state index is -1.56. The number of unbranched alkanes of at least 4 members (excludes halogenated alkanes) is 72. The zero-order valence-electron chi connectivity index (χ0n) is 76.8. The largest absolute Gasteiger partial charge is 0.454 e. The van der Waals surface area contributed by atoms with Crippen LogP contribution in [-0.2, 0) is 57.2 Å². The summed E-state index contributed by atoms with van der Waals surface area (Å²) < 4.78 is 39.9. The van der Waals surface area contributed by atoms with Crippen LogP contribution in [0, 0.1) is 0 Å². The fraction of sp³-hybridized carbons (Fsp3) is 0.941. The second kappa shape index (κ2) is 86.2. The molecule has 0 unspecified atom stereocenters. The molecule has 0 bridgehead atoms. The molecule has 0 radical (unpaired) electrons. The van der Waals surface area contributed by atoms with Crippen molar-refractivity contribution in [2.75, 3.05) is 0 Å². The van der Waals surface area contributed by atoms with E-state index in [2.05, 4.69) is 41.5 Å². The highest BCUT2D eigenvalue weighted by Crippen LogP contribution is 2.37. The van der Waals surface area contributed by atoms with Crippen LogP contribution in [0.4, 0.5) is 0 Å². The smallest absolute Gasteiger partial charge is 0.306 e. The first-order chi connectivity index (χ1) is 56.1. The van der Waals surface area contributed by atoms with Crippen LogP contribution < -0.4 is 0 Å². The number of ether oxygens (including phenoxy) is 6. The van der Waals surface area contributed by atoms with Crippen LogP contribution in [0.2, 0.25) is 0 Å². The lowest BCUT2D eigenvalue weighted by Gasteiger charge is -2.47. The maximum atomic E-state index is 14.8. The highest BCUT2D eigenvalue weighted by atomic mass is 16.7. The summed E-state index contributed by atoms with van der Waals surface area (Å²) in [6, 6.07) is 0. The zero-order valence-corrected chi connectivity index (χ0v) is 76.8. The molecule has 0 aromatic heterocycles. The van der Waals surface area contributed by atoms with Crippen molar-refractivity contribution in [1.82, 2.24) is 0 Å². The molecule has 0 aromatic rings. The average Bonchev–Trinajstić information content (AvgIpc) is 0.757. The zero-order chi connectivity index (χ0) is 82.6. The van der Waals surface area contributed by atoms with E-state index in [9.17, 15) is 28.8 Å². The van der Waals surface area contributed by atoms with Crippen LogP contribution in [0.5, 0.6) is 0 Å². The highest BCUT2D eigenvalue weighted by Gasteiger charge is 2.61. The molecule has 12 nitrogen and oxygen atoms in total. The van der Waals surface area contributed by atoms with E-state index in [1.54, 1.807) is 0 Å². The van der Waals surface area contributed by atoms with Crippen molar-refractivity contribution in [3.8, 4) is 0 Å². The van der Waals surface area contributed by atoms with Crippen LogP contribution in [0.15, 0.2) is 0 Å². The van der Waals surface area contributed by atoms with Gasteiger partial charge in [-0.2, -0.15) is 0 Å². The van der Waals surface area contributed by atoms with E-state index in [-0.39, 0.29) is 38.5 Å².